The van der Waals surface area contributed by atoms with E-state index < -0.39 is 0 Å². The van der Waals surface area contributed by atoms with Crippen LogP contribution in [-0.4, -0.2) is 11.9 Å². The van der Waals surface area contributed by atoms with E-state index in [0.717, 1.165) is 16.8 Å². The molecule has 0 bridgehead atoms. The normalized spacial score (nSPS) is 9.83. The van der Waals surface area contributed by atoms with E-state index in [2.05, 4.69) is 5.32 Å². The highest BCUT2D eigenvalue weighted by Crippen LogP contribution is 2.10. The summed E-state index contributed by atoms with van der Waals surface area (Å²) in [5.74, 6) is -0.541. The minimum Gasteiger partial charge on any atom is -0.458 e. The maximum absolute atomic E-state index is 12.1. The Bertz CT molecular complexity index is 699. The van der Waals surface area contributed by atoms with E-state index in [4.69, 9.17) is 4.74 Å². The monoisotopic (exact) mass is 309 g/mol. The molecule has 0 heterocycles. The van der Waals surface area contributed by atoms with Crippen molar-refractivity contribution in [2.45, 2.75) is 20.5 Å². The first kappa shape index (κ1) is 16.5. The smallest absolute Gasteiger partial charge is 0.331 e. The second-order valence-corrected chi connectivity index (χ2v) is 5.35. The lowest BCUT2D eigenvalue weighted by molar-refractivity contribution is -0.139. The third-order valence-electron chi connectivity index (χ3n) is 3.04. The van der Waals surface area contributed by atoms with Gasteiger partial charge in [-0.3, -0.25) is 4.79 Å². The van der Waals surface area contributed by atoms with E-state index in [0.29, 0.717) is 5.56 Å². The summed E-state index contributed by atoms with van der Waals surface area (Å²) >= 11 is 0. The predicted molar refractivity (Wildman–Crippen MR) is 90.1 cm³/mol. The van der Waals surface area contributed by atoms with Crippen LogP contribution in [0, 0.1) is 0 Å². The van der Waals surface area contributed by atoms with Crippen LogP contribution < -0.4 is 5.32 Å². The fraction of sp³-hybridized carbons (Fsp3) is 0.158. The van der Waals surface area contributed by atoms with Crippen LogP contribution in [0.4, 0.5) is 5.69 Å². The molecule has 0 unspecified atom stereocenters. The van der Waals surface area contributed by atoms with Crippen LogP contribution in [0.25, 0.3) is 0 Å². The van der Waals surface area contributed by atoms with Gasteiger partial charge >= 0.3 is 5.97 Å². The first-order valence-electron chi connectivity index (χ1n) is 7.31. The second-order valence-electron chi connectivity index (χ2n) is 5.35. The van der Waals surface area contributed by atoms with Crippen LogP contribution in [-0.2, 0) is 16.1 Å². The Kier molecular flexibility index (Phi) is 5.69. The van der Waals surface area contributed by atoms with Crippen LogP contribution in [0.5, 0.6) is 0 Å². The van der Waals surface area contributed by atoms with Crippen molar-refractivity contribution in [3.8, 4) is 0 Å². The van der Waals surface area contributed by atoms with Crippen molar-refractivity contribution in [3.05, 3.63) is 77.4 Å². The molecule has 1 N–H and O–H groups in total. The Morgan fingerprint density at radius 1 is 1.00 bits per heavy atom. The molecule has 0 atom stereocenters. The Balaban J connectivity index is 1.92. The summed E-state index contributed by atoms with van der Waals surface area (Å²) in [6.45, 7) is 3.85. The molecule has 0 saturated carbocycles. The van der Waals surface area contributed by atoms with Gasteiger partial charge in [0.2, 0.25) is 0 Å². The lowest BCUT2D eigenvalue weighted by Gasteiger charge is -2.06. The van der Waals surface area contributed by atoms with Crippen molar-refractivity contribution in [2.75, 3.05) is 5.32 Å². The quantitative estimate of drug-likeness (QED) is 0.672. The zero-order valence-corrected chi connectivity index (χ0v) is 13.2. The zero-order valence-electron chi connectivity index (χ0n) is 13.2. The molecule has 0 radical (unpaired) electrons. The highest BCUT2D eigenvalue weighted by atomic mass is 16.5. The zero-order chi connectivity index (χ0) is 16.7. The molecule has 0 spiro atoms. The number of rotatable bonds is 5. The lowest BCUT2D eigenvalue weighted by Crippen LogP contribution is -2.11. The standard InChI is InChI=1S/C19H19NO3/c1-14(2)12-18(21)23-13-15-8-10-16(11-9-15)19(22)20-17-6-4-3-5-7-17/h3-12H,13H2,1-2H3,(H,20,22). The SMILES string of the molecule is CC(C)=CC(=O)OCc1ccc(C(=O)Nc2ccccc2)cc1. The van der Waals surface area contributed by atoms with E-state index >= 15 is 0 Å². The van der Waals surface area contributed by atoms with E-state index in [-0.39, 0.29) is 18.5 Å². The molecule has 0 aliphatic heterocycles. The predicted octanol–water partition coefficient (Wildman–Crippen LogP) is 3.95. The summed E-state index contributed by atoms with van der Waals surface area (Å²) in [6, 6.07) is 16.2. The van der Waals surface area contributed by atoms with Crippen molar-refractivity contribution in [2.24, 2.45) is 0 Å². The molecular weight excluding hydrogens is 290 g/mol. The Hall–Kier alpha value is -2.88. The van der Waals surface area contributed by atoms with Crippen molar-refractivity contribution in [1.82, 2.24) is 0 Å². The van der Waals surface area contributed by atoms with Crippen LogP contribution in [0.15, 0.2) is 66.2 Å². The number of ether oxygens (including phenoxy) is 1. The van der Waals surface area contributed by atoms with Gasteiger partial charge in [0.15, 0.2) is 0 Å². The van der Waals surface area contributed by atoms with Crippen LogP contribution in [0.1, 0.15) is 29.8 Å². The second kappa shape index (κ2) is 7.94. The minimum absolute atomic E-state index is 0.177. The van der Waals surface area contributed by atoms with Gasteiger partial charge in [-0.15, -0.1) is 0 Å². The molecule has 2 aromatic rings. The van der Waals surface area contributed by atoms with Crippen molar-refractivity contribution in [3.63, 3.8) is 0 Å². The number of esters is 1. The number of benzene rings is 2. The van der Waals surface area contributed by atoms with Gasteiger partial charge in [0.05, 0.1) is 0 Å². The molecule has 0 aliphatic carbocycles. The third-order valence-corrected chi connectivity index (χ3v) is 3.04. The van der Waals surface area contributed by atoms with E-state index in [1.165, 1.54) is 6.08 Å². The first-order chi connectivity index (χ1) is 11.0. The minimum atomic E-state index is -0.365. The molecule has 2 aromatic carbocycles. The highest BCUT2D eigenvalue weighted by Gasteiger charge is 2.06. The van der Waals surface area contributed by atoms with Crippen LogP contribution in [0.3, 0.4) is 0 Å². The Morgan fingerprint density at radius 3 is 2.26 bits per heavy atom. The fourth-order valence-corrected chi connectivity index (χ4v) is 1.91. The van der Waals surface area contributed by atoms with E-state index in [9.17, 15) is 9.59 Å². The Labute approximate surface area is 135 Å². The van der Waals surface area contributed by atoms with Gasteiger partial charge in [0, 0.05) is 17.3 Å². The number of carbonyl (C=O) groups is 2. The average molecular weight is 309 g/mol. The van der Waals surface area contributed by atoms with Crippen molar-refractivity contribution < 1.29 is 14.3 Å². The first-order valence-corrected chi connectivity index (χ1v) is 7.31. The summed E-state index contributed by atoms with van der Waals surface area (Å²) < 4.78 is 5.12. The number of anilines is 1. The van der Waals surface area contributed by atoms with Gasteiger partial charge in [-0.2, -0.15) is 0 Å². The average Bonchev–Trinajstić information content (AvgIpc) is 2.54. The van der Waals surface area contributed by atoms with Crippen molar-refractivity contribution in [1.29, 1.82) is 0 Å². The maximum Gasteiger partial charge on any atom is 0.331 e. The lowest BCUT2D eigenvalue weighted by atomic mass is 10.1. The fourth-order valence-electron chi connectivity index (χ4n) is 1.91. The summed E-state index contributed by atoms with van der Waals surface area (Å²) in [5.41, 5.74) is 3.02. The topological polar surface area (TPSA) is 55.4 Å². The maximum atomic E-state index is 12.1. The summed E-state index contributed by atoms with van der Waals surface area (Å²) in [7, 11) is 0. The number of hydrogen-bond acceptors (Lipinski definition) is 3. The highest BCUT2D eigenvalue weighted by molar-refractivity contribution is 6.04. The number of allylic oxidation sites excluding steroid dienone is 1. The van der Waals surface area contributed by atoms with Gasteiger partial charge in [-0.05, 0) is 43.7 Å². The van der Waals surface area contributed by atoms with Gasteiger partial charge in [0.25, 0.3) is 5.91 Å². The molecule has 2 rings (SSSR count). The summed E-state index contributed by atoms with van der Waals surface area (Å²) in [6.07, 6.45) is 1.45. The third kappa shape index (κ3) is 5.43. The number of hydrogen-bond donors (Lipinski definition) is 1. The van der Waals surface area contributed by atoms with E-state index in [1.54, 1.807) is 24.3 Å². The van der Waals surface area contributed by atoms with Gasteiger partial charge < -0.3 is 10.1 Å². The molecule has 0 fully saturated rings. The number of carbonyl (C=O) groups excluding carboxylic acids is 2. The summed E-state index contributed by atoms with van der Waals surface area (Å²) in [5, 5.41) is 2.82. The molecule has 4 heteroatoms. The van der Waals surface area contributed by atoms with Crippen molar-refractivity contribution >= 4 is 17.6 Å². The van der Waals surface area contributed by atoms with Crippen LogP contribution in [0.2, 0.25) is 0 Å². The van der Waals surface area contributed by atoms with Gasteiger partial charge in [-0.1, -0.05) is 35.9 Å². The number of amides is 1. The number of para-hydroxylation sites is 1. The molecule has 0 saturated heterocycles. The molecule has 0 aliphatic rings. The molecule has 118 valence electrons. The molecule has 23 heavy (non-hydrogen) atoms. The van der Waals surface area contributed by atoms with Gasteiger partial charge in [0.1, 0.15) is 6.61 Å². The largest absolute Gasteiger partial charge is 0.458 e. The van der Waals surface area contributed by atoms with E-state index in [1.807, 2.05) is 44.2 Å². The van der Waals surface area contributed by atoms with Gasteiger partial charge in [-0.25, -0.2) is 4.79 Å². The molecule has 4 nitrogen and oxygen atoms in total. The number of nitrogens with one attached hydrogen (secondary N) is 1. The summed E-state index contributed by atoms with van der Waals surface area (Å²) in [4.78, 5) is 23.6. The molecule has 0 aromatic heterocycles. The molecular formula is C19H19NO3. The van der Waals surface area contributed by atoms with Crippen LogP contribution >= 0.6 is 0 Å². The molecule has 1 amide bonds. The Morgan fingerprint density at radius 2 is 1.65 bits per heavy atom.